The quantitative estimate of drug-likeness (QED) is 0.802. The SMILES string of the molecule is O=C(C1CCCO1)N1CCCC1C1CCNCC1. The Balaban J connectivity index is 1.64. The Morgan fingerprint density at radius 1 is 1.11 bits per heavy atom. The molecule has 0 aromatic rings. The minimum absolute atomic E-state index is 0.132. The van der Waals surface area contributed by atoms with Crippen LogP contribution in [0.4, 0.5) is 0 Å². The predicted octanol–water partition coefficient (Wildman–Crippen LogP) is 1.16. The van der Waals surface area contributed by atoms with Crippen molar-refractivity contribution in [2.45, 2.75) is 50.7 Å². The molecule has 0 radical (unpaired) electrons. The summed E-state index contributed by atoms with van der Waals surface area (Å²) in [5, 5.41) is 3.41. The van der Waals surface area contributed by atoms with Gasteiger partial charge in [0.05, 0.1) is 0 Å². The second-order valence-electron chi connectivity index (χ2n) is 5.83. The maximum atomic E-state index is 12.5. The Hall–Kier alpha value is -0.610. The molecule has 2 atom stereocenters. The van der Waals surface area contributed by atoms with Crippen LogP contribution in [0.25, 0.3) is 0 Å². The lowest BCUT2D eigenvalue weighted by atomic mass is 9.88. The van der Waals surface area contributed by atoms with Gasteiger partial charge in [0.2, 0.25) is 0 Å². The lowest BCUT2D eigenvalue weighted by Crippen LogP contribution is -2.47. The van der Waals surface area contributed by atoms with E-state index in [0.29, 0.717) is 12.0 Å². The van der Waals surface area contributed by atoms with Crippen molar-refractivity contribution >= 4 is 5.91 Å². The average molecular weight is 252 g/mol. The first-order chi connectivity index (χ1) is 8.86. The maximum absolute atomic E-state index is 12.5. The third-order valence-corrected chi connectivity index (χ3v) is 4.72. The first-order valence-electron chi connectivity index (χ1n) is 7.49. The Bertz CT molecular complexity index is 296. The molecule has 1 N–H and O–H groups in total. The topological polar surface area (TPSA) is 41.6 Å². The van der Waals surface area contributed by atoms with E-state index in [2.05, 4.69) is 10.2 Å². The largest absolute Gasteiger partial charge is 0.368 e. The number of ether oxygens (including phenoxy) is 1. The molecule has 4 heteroatoms. The Morgan fingerprint density at radius 3 is 2.67 bits per heavy atom. The van der Waals surface area contributed by atoms with Crippen molar-refractivity contribution in [1.82, 2.24) is 10.2 Å². The van der Waals surface area contributed by atoms with Crippen LogP contribution < -0.4 is 5.32 Å². The van der Waals surface area contributed by atoms with Gasteiger partial charge < -0.3 is 15.0 Å². The van der Waals surface area contributed by atoms with Gasteiger partial charge in [-0.2, -0.15) is 0 Å². The summed E-state index contributed by atoms with van der Waals surface area (Å²) in [6.45, 7) is 3.95. The standard InChI is InChI=1S/C14H24N2O2/c17-14(13-4-2-10-18-13)16-9-1-3-12(16)11-5-7-15-8-6-11/h11-13,15H,1-10H2. The molecule has 0 aromatic heterocycles. The van der Waals surface area contributed by atoms with Gasteiger partial charge in [0.25, 0.3) is 5.91 Å². The molecule has 2 unspecified atom stereocenters. The van der Waals surface area contributed by atoms with Crippen molar-refractivity contribution < 1.29 is 9.53 Å². The van der Waals surface area contributed by atoms with Crippen molar-refractivity contribution in [1.29, 1.82) is 0 Å². The number of hydrogen-bond donors (Lipinski definition) is 1. The Labute approximate surface area is 109 Å². The number of likely N-dealkylation sites (tertiary alicyclic amines) is 1. The molecule has 1 amide bonds. The fraction of sp³-hybridized carbons (Fsp3) is 0.929. The van der Waals surface area contributed by atoms with E-state index >= 15 is 0 Å². The molecule has 3 rings (SSSR count). The van der Waals surface area contributed by atoms with E-state index in [9.17, 15) is 4.79 Å². The number of rotatable bonds is 2. The van der Waals surface area contributed by atoms with Crippen molar-refractivity contribution in [3.63, 3.8) is 0 Å². The van der Waals surface area contributed by atoms with Gasteiger partial charge in [-0.25, -0.2) is 0 Å². The molecule has 4 nitrogen and oxygen atoms in total. The number of hydrogen-bond acceptors (Lipinski definition) is 3. The molecule has 18 heavy (non-hydrogen) atoms. The smallest absolute Gasteiger partial charge is 0.251 e. The zero-order chi connectivity index (χ0) is 12.4. The van der Waals surface area contributed by atoms with Gasteiger partial charge >= 0.3 is 0 Å². The maximum Gasteiger partial charge on any atom is 0.251 e. The van der Waals surface area contributed by atoms with Gasteiger partial charge in [0.1, 0.15) is 6.10 Å². The van der Waals surface area contributed by atoms with E-state index in [-0.39, 0.29) is 12.0 Å². The molecule has 0 bridgehead atoms. The van der Waals surface area contributed by atoms with E-state index in [1.807, 2.05) is 0 Å². The third kappa shape index (κ3) is 2.41. The van der Waals surface area contributed by atoms with Crippen molar-refractivity contribution in [3.05, 3.63) is 0 Å². The van der Waals surface area contributed by atoms with Crippen LogP contribution in [-0.2, 0) is 9.53 Å². The highest BCUT2D eigenvalue weighted by Crippen LogP contribution is 2.31. The summed E-state index contributed by atoms with van der Waals surface area (Å²) in [5.74, 6) is 0.979. The van der Waals surface area contributed by atoms with Crippen LogP contribution in [0.3, 0.4) is 0 Å². The van der Waals surface area contributed by atoms with Crippen LogP contribution in [0.2, 0.25) is 0 Å². The number of carbonyl (C=O) groups is 1. The zero-order valence-electron chi connectivity index (χ0n) is 11.1. The van der Waals surface area contributed by atoms with E-state index in [4.69, 9.17) is 4.74 Å². The predicted molar refractivity (Wildman–Crippen MR) is 69.3 cm³/mol. The summed E-state index contributed by atoms with van der Waals surface area (Å²) in [5.41, 5.74) is 0. The van der Waals surface area contributed by atoms with Crippen LogP contribution in [0.1, 0.15) is 38.5 Å². The third-order valence-electron chi connectivity index (χ3n) is 4.72. The summed E-state index contributed by atoms with van der Waals surface area (Å²) < 4.78 is 5.56. The summed E-state index contributed by atoms with van der Waals surface area (Å²) >= 11 is 0. The van der Waals surface area contributed by atoms with Crippen LogP contribution in [0.5, 0.6) is 0 Å². The number of piperidine rings is 1. The van der Waals surface area contributed by atoms with Crippen LogP contribution in [0.15, 0.2) is 0 Å². The lowest BCUT2D eigenvalue weighted by Gasteiger charge is -2.35. The Kier molecular flexibility index (Phi) is 3.85. The summed E-state index contributed by atoms with van der Waals surface area (Å²) in [6, 6.07) is 0.490. The van der Waals surface area contributed by atoms with Gasteiger partial charge in [-0.3, -0.25) is 4.79 Å². The molecule has 3 saturated heterocycles. The normalized spacial score (nSPS) is 34.1. The fourth-order valence-corrected chi connectivity index (χ4v) is 3.74. The number of nitrogens with one attached hydrogen (secondary N) is 1. The lowest BCUT2D eigenvalue weighted by molar-refractivity contribution is -0.142. The van der Waals surface area contributed by atoms with Gasteiger partial charge in [-0.15, -0.1) is 0 Å². The van der Waals surface area contributed by atoms with Crippen molar-refractivity contribution in [2.75, 3.05) is 26.2 Å². The second-order valence-corrected chi connectivity index (χ2v) is 5.83. The van der Waals surface area contributed by atoms with Gasteiger partial charge in [0, 0.05) is 19.2 Å². The van der Waals surface area contributed by atoms with Crippen molar-refractivity contribution in [3.8, 4) is 0 Å². The highest BCUT2D eigenvalue weighted by atomic mass is 16.5. The summed E-state index contributed by atoms with van der Waals surface area (Å²) in [6.07, 6.45) is 6.65. The minimum atomic E-state index is -0.132. The molecule has 0 saturated carbocycles. The van der Waals surface area contributed by atoms with Crippen molar-refractivity contribution in [2.24, 2.45) is 5.92 Å². The Morgan fingerprint density at radius 2 is 1.94 bits per heavy atom. The van der Waals surface area contributed by atoms with E-state index in [0.717, 1.165) is 39.1 Å². The molecular weight excluding hydrogens is 228 g/mol. The molecular formula is C14H24N2O2. The highest BCUT2D eigenvalue weighted by molar-refractivity contribution is 5.81. The molecule has 3 heterocycles. The van der Waals surface area contributed by atoms with E-state index < -0.39 is 0 Å². The number of amides is 1. The summed E-state index contributed by atoms with van der Waals surface area (Å²) in [4.78, 5) is 14.6. The van der Waals surface area contributed by atoms with Gasteiger partial charge in [-0.1, -0.05) is 0 Å². The number of nitrogens with zero attached hydrogens (tertiary/aromatic N) is 1. The van der Waals surface area contributed by atoms with Gasteiger partial charge in [0.15, 0.2) is 0 Å². The molecule has 102 valence electrons. The average Bonchev–Trinajstić information content (AvgIpc) is 3.10. The minimum Gasteiger partial charge on any atom is -0.368 e. The van der Waals surface area contributed by atoms with Crippen LogP contribution in [0, 0.1) is 5.92 Å². The molecule has 0 aliphatic carbocycles. The van der Waals surface area contributed by atoms with E-state index in [1.165, 1.54) is 25.7 Å². The molecule has 3 aliphatic rings. The first-order valence-corrected chi connectivity index (χ1v) is 7.49. The van der Waals surface area contributed by atoms with E-state index in [1.54, 1.807) is 0 Å². The molecule has 3 aliphatic heterocycles. The summed E-state index contributed by atoms with van der Waals surface area (Å²) in [7, 11) is 0. The monoisotopic (exact) mass is 252 g/mol. The van der Waals surface area contributed by atoms with Crippen LogP contribution in [-0.4, -0.2) is 49.2 Å². The molecule has 0 spiro atoms. The first kappa shape index (κ1) is 12.4. The van der Waals surface area contributed by atoms with Gasteiger partial charge in [-0.05, 0) is 57.5 Å². The second kappa shape index (κ2) is 5.57. The zero-order valence-corrected chi connectivity index (χ0v) is 11.1. The number of carbonyl (C=O) groups excluding carboxylic acids is 1. The fourth-order valence-electron chi connectivity index (χ4n) is 3.74. The highest BCUT2D eigenvalue weighted by Gasteiger charge is 2.38. The van der Waals surface area contributed by atoms with Crippen LogP contribution >= 0.6 is 0 Å². The molecule has 3 fully saturated rings. The molecule has 0 aromatic carbocycles.